The summed E-state index contributed by atoms with van der Waals surface area (Å²) in [5.41, 5.74) is 1.07. The quantitative estimate of drug-likeness (QED) is 0.472. The molecule has 27 heavy (non-hydrogen) atoms. The summed E-state index contributed by atoms with van der Waals surface area (Å²) in [5.74, 6) is 0. The van der Waals surface area contributed by atoms with Gasteiger partial charge in [0.2, 0.25) is 0 Å². The molecule has 0 aliphatic carbocycles. The van der Waals surface area contributed by atoms with Crippen molar-refractivity contribution in [1.82, 2.24) is 0 Å². The fourth-order valence-electron chi connectivity index (χ4n) is 2.40. The Balaban J connectivity index is 2.40. The summed E-state index contributed by atoms with van der Waals surface area (Å²) in [6.07, 6.45) is 6.78. The number of rotatable bonds is 6. The molecule has 1 N–H and O–H groups in total. The molecule has 1 aromatic carbocycles. The van der Waals surface area contributed by atoms with E-state index in [1.54, 1.807) is 0 Å². The second kappa shape index (κ2) is 8.53. The van der Waals surface area contributed by atoms with Crippen molar-refractivity contribution in [2.75, 3.05) is 11.9 Å². The van der Waals surface area contributed by atoms with Crippen LogP contribution in [-0.2, 0) is 4.74 Å². The van der Waals surface area contributed by atoms with Gasteiger partial charge in [0.1, 0.15) is 0 Å². The fourth-order valence-corrected chi connectivity index (χ4v) is 6.57. The van der Waals surface area contributed by atoms with E-state index in [1.165, 1.54) is 0 Å². The molecule has 0 aromatic heterocycles. The molecule has 0 radical (unpaired) electrons. The first kappa shape index (κ1) is 22.2. The summed E-state index contributed by atoms with van der Waals surface area (Å²) < 4.78 is 8.48. The van der Waals surface area contributed by atoms with E-state index < -0.39 is 10.9 Å². The molecule has 0 spiro atoms. The molecular formula is C21H29NO3Se2. The normalized spacial score (nSPS) is 15.3. The van der Waals surface area contributed by atoms with Crippen molar-refractivity contribution >= 4 is 41.7 Å². The molecule has 148 valence electrons. The third-order valence-electron chi connectivity index (χ3n) is 3.39. The van der Waals surface area contributed by atoms with Crippen LogP contribution in [-0.4, -0.2) is 36.5 Å². The van der Waals surface area contributed by atoms with Crippen LogP contribution in [0.1, 0.15) is 60.5 Å². The molecule has 1 aliphatic rings. The van der Waals surface area contributed by atoms with Gasteiger partial charge in [0.05, 0.1) is 0 Å². The SMILES string of the molecule is CCCNc1c(C=C2C=C([Se]C(C)(C)C)OC([Se]C(C)(C)C)=C2)c(=O)c1=O. The molecule has 2 rings (SSSR count). The minimum absolute atomic E-state index is 0.163. The van der Waals surface area contributed by atoms with Crippen LogP contribution < -0.4 is 16.2 Å². The number of hydrogen-bond acceptors (Lipinski definition) is 4. The van der Waals surface area contributed by atoms with Crippen molar-refractivity contribution in [1.29, 1.82) is 0 Å². The fraction of sp³-hybridized carbons (Fsp3) is 0.524. The van der Waals surface area contributed by atoms with Crippen LogP contribution in [0.2, 0.25) is 8.63 Å². The molecule has 0 unspecified atom stereocenters. The zero-order chi connectivity index (χ0) is 20.4. The Morgan fingerprint density at radius 3 is 1.93 bits per heavy atom. The van der Waals surface area contributed by atoms with Crippen LogP contribution in [0.15, 0.2) is 36.6 Å². The monoisotopic (exact) mass is 503 g/mol. The van der Waals surface area contributed by atoms with Crippen LogP contribution in [0, 0.1) is 0 Å². The van der Waals surface area contributed by atoms with E-state index in [1.807, 2.05) is 25.2 Å². The van der Waals surface area contributed by atoms with Crippen molar-refractivity contribution < 1.29 is 4.74 Å². The molecule has 0 fully saturated rings. The van der Waals surface area contributed by atoms with Crippen molar-refractivity contribution in [2.45, 2.75) is 63.5 Å². The summed E-state index contributed by atoms with van der Waals surface area (Å²) in [5, 5.41) is 3.09. The Bertz CT molecular complexity index is 824. The van der Waals surface area contributed by atoms with Gasteiger partial charge in [-0.3, -0.25) is 0 Å². The maximum absolute atomic E-state index is 12.1. The third kappa shape index (κ3) is 6.50. The van der Waals surface area contributed by atoms with Gasteiger partial charge in [-0.25, -0.2) is 0 Å². The van der Waals surface area contributed by atoms with Crippen LogP contribution >= 0.6 is 0 Å². The zero-order valence-electron chi connectivity index (χ0n) is 17.2. The first-order valence-electron chi connectivity index (χ1n) is 9.18. The molecule has 6 heteroatoms. The van der Waals surface area contributed by atoms with Gasteiger partial charge in [0, 0.05) is 0 Å². The van der Waals surface area contributed by atoms with Gasteiger partial charge in [-0.1, -0.05) is 0 Å². The first-order chi connectivity index (χ1) is 12.4. The second-order valence-electron chi connectivity index (χ2n) is 8.48. The Morgan fingerprint density at radius 2 is 1.48 bits per heavy atom. The molecule has 0 saturated carbocycles. The summed E-state index contributed by atoms with van der Waals surface area (Å²) in [7, 11) is 0. The molecule has 4 nitrogen and oxygen atoms in total. The summed E-state index contributed by atoms with van der Waals surface area (Å²) in [6.45, 7) is 15.9. The molecule has 1 heterocycles. The Hall–Kier alpha value is -1.06. The van der Waals surface area contributed by atoms with E-state index in [0.717, 1.165) is 21.3 Å². The Kier molecular flexibility index (Phi) is 7.02. The van der Waals surface area contributed by atoms with Crippen molar-refractivity contribution in [3.63, 3.8) is 0 Å². The summed E-state index contributed by atoms with van der Waals surface area (Å²) in [6, 6.07) is 0. The summed E-state index contributed by atoms with van der Waals surface area (Å²) in [4.78, 5) is 23.9. The van der Waals surface area contributed by atoms with Gasteiger partial charge >= 0.3 is 175 Å². The molecule has 0 amide bonds. The predicted molar refractivity (Wildman–Crippen MR) is 116 cm³/mol. The standard InChI is InChI=1S/C21H29NO3Se2/c1-8-9-22-17-14(18(23)19(17)24)10-13-11-15(26-20(2,3)4)25-16(12-13)27-21(5,6)7/h10-12,22H,8-9H2,1-7H3. The van der Waals surface area contributed by atoms with E-state index >= 15 is 0 Å². The number of nitrogens with one attached hydrogen (secondary N) is 1. The van der Waals surface area contributed by atoms with Crippen molar-refractivity contribution in [2.24, 2.45) is 0 Å². The third-order valence-corrected chi connectivity index (χ3v) is 7.65. The zero-order valence-corrected chi connectivity index (χ0v) is 20.6. The van der Waals surface area contributed by atoms with Crippen LogP contribution in [0.4, 0.5) is 5.69 Å². The number of anilines is 1. The van der Waals surface area contributed by atoms with Crippen LogP contribution in [0.3, 0.4) is 0 Å². The average molecular weight is 501 g/mol. The number of ether oxygens (including phenoxy) is 1. The van der Waals surface area contributed by atoms with E-state index in [4.69, 9.17) is 4.74 Å². The summed E-state index contributed by atoms with van der Waals surface area (Å²) >= 11 is 0.355. The second-order valence-corrected chi connectivity index (χ2v) is 16.2. The topological polar surface area (TPSA) is 55.4 Å². The van der Waals surface area contributed by atoms with Gasteiger partial charge < -0.3 is 0 Å². The predicted octanol–water partition coefficient (Wildman–Crippen LogP) is 4.05. The van der Waals surface area contributed by atoms with Gasteiger partial charge in [-0.05, 0) is 0 Å². The van der Waals surface area contributed by atoms with Crippen molar-refractivity contribution in [3.8, 4) is 0 Å². The molecule has 0 bridgehead atoms. The van der Waals surface area contributed by atoms with Gasteiger partial charge in [0.25, 0.3) is 0 Å². The minimum atomic E-state index is -0.409. The average Bonchev–Trinajstić information content (AvgIpc) is 2.50. The number of hydrogen-bond donors (Lipinski definition) is 1. The number of allylic oxidation sites excluding steroid dienone is 3. The van der Waals surface area contributed by atoms with Crippen LogP contribution in [0.25, 0.3) is 6.08 Å². The van der Waals surface area contributed by atoms with E-state index in [-0.39, 0.29) is 38.5 Å². The van der Waals surface area contributed by atoms with Gasteiger partial charge in [0.15, 0.2) is 0 Å². The van der Waals surface area contributed by atoms with E-state index in [9.17, 15) is 9.59 Å². The molecular weight excluding hydrogens is 472 g/mol. The van der Waals surface area contributed by atoms with Crippen LogP contribution in [0.5, 0.6) is 0 Å². The molecule has 1 aliphatic heterocycles. The Labute approximate surface area is 174 Å². The van der Waals surface area contributed by atoms with Gasteiger partial charge in [-0.15, -0.1) is 0 Å². The Morgan fingerprint density at radius 1 is 0.963 bits per heavy atom. The molecule has 0 saturated heterocycles. The van der Waals surface area contributed by atoms with Crippen molar-refractivity contribution in [3.05, 3.63) is 53.1 Å². The maximum atomic E-state index is 12.1. The van der Waals surface area contributed by atoms with E-state index in [2.05, 4.69) is 46.9 Å². The molecule has 0 atom stereocenters. The van der Waals surface area contributed by atoms with Gasteiger partial charge in [-0.2, -0.15) is 0 Å². The van der Waals surface area contributed by atoms with E-state index in [0.29, 0.717) is 17.8 Å². The molecule has 1 aromatic rings. The first-order valence-corrected chi connectivity index (χ1v) is 12.6.